The molecule has 1 aliphatic heterocycles. The highest BCUT2D eigenvalue weighted by molar-refractivity contribution is 6.15. The highest BCUT2D eigenvalue weighted by Gasteiger charge is 2.72. The second-order valence-electron chi connectivity index (χ2n) is 6.48. The number of anilines is 1. The summed E-state index contributed by atoms with van der Waals surface area (Å²) in [5, 5.41) is 13.7. The van der Waals surface area contributed by atoms with Gasteiger partial charge >= 0.3 is 6.18 Å². The van der Waals surface area contributed by atoms with Crippen LogP contribution in [-0.2, 0) is 22.3 Å². The van der Waals surface area contributed by atoms with Crippen molar-refractivity contribution in [3.63, 3.8) is 0 Å². The van der Waals surface area contributed by atoms with Gasteiger partial charge in [0.1, 0.15) is 5.75 Å². The predicted octanol–water partition coefficient (Wildman–Crippen LogP) is 2.05. The van der Waals surface area contributed by atoms with Crippen molar-refractivity contribution in [1.29, 1.82) is 0 Å². The Kier molecular flexibility index (Phi) is 3.22. The van der Waals surface area contributed by atoms with Crippen LogP contribution in [0.2, 0.25) is 0 Å². The van der Waals surface area contributed by atoms with E-state index in [-0.39, 0.29) is 28.1 Å². The van der Waals surface area contributed by atoms with Gasteiger partial charge < -0.3 is 20.9 Å². The second kappa shape index (κ2) is 5.01. The molecular weight excluding hydrogens is 365 g/mol. The Morgan fingerprint density at radius 3 is 2.56 bits per heavy atom. The van der Waals surface area contributed by atoms with Crippen LogP contribution in [0.1, 0.15) is 34.0 Å². The zero-order valence-corrected chi connectivity index (χ0v) is 13.8. The summed E-state index contributed by atoms with van der Waals surface area (Å²) in [6.45, 7) is 1.12. The number of rotatable bonds is 1. The minimum absolute atomic E-state index is 0.0222. The fraction of sp³-hybridized carbons (Fsp3) is 0.222. The first-order valence-electron chi connectivity index (χ1n) is 7.88. The maximum Gasteiger partial charge on any atom is 0.416 e. The molecule has 9 heteroatoms. The Balaban J connectivity index is 2.02. The number of Topliss-reactive ketones (excluding diaryl/α,β-unsaturated/α-hetero) is 1. The monoisotopic (exact) mass is 378 g/mol. The molecule has 2 aromatic rings. The van der Waals surface area contributed by atoms with E-state index in [2.05, 4.69) is 5.32 Å². The second-order valence-corrected chi connectivity index (χ2v) is 6.48. The average molecular weight is 378 g/mol. The van der Waals surface area contributed by atoms with Gasteiger partial charge in [0.05, 0.1) is 11.1 Å². The van der Waals surface area contributed by atoms with Crippen LogP contribution in [0.3, 0.4) is 0 Å². The molecular formula is C18H13F3N2O4. The lowest BCUT2D eigenvalue weighted by Gasteiger charge is -2.34. The standard InChI is InChI=1S/C18H13F3N2O4/c1-8(24)23-16-10-6-5-9(18(19,20)21)7-13(10)27-17(16,26)11-3-2-4-12(22)14(11)15(16)25/h2-7,26H,22H2,1H3,(H,23,24)/t16-,17-/m0/s1. The van der Waals surface area contributed by atoms with E-state index in [1.54, 1.807) is 0 Å². The Hall–Kier alpha value is -3.07. The van der Waals surface area contributed by atoms with Gasteiger partial charge in [-0.25, -0.2) is 0 Å². The van der Waals surface area contributed by atoms with Crippen LogP contribution in [0.5, 0.6) is 5.75 Å². The molecule has 2 aromatic carbocycles. The molecule has 2 aliphatic rings. The van der Waals surface area contributed by atoms with Gasteiger partial charge in [-0.3, -0.25) is 9.59 Å². The van der Waals surface area contributed by atoms with Gasteiger partial charge in [-0.2, -0.15) is 13.2 Å². The molecule has 4 N–H and O–H groups in total. The molecule has 2 atom stereocenters. The van der Waals surface area contributed by atoms with E-state index in [0.717, 1.165) is 19.1 Å². The summed E-state index contributed by atoms with van der Waals surface area (Å²) in [5.41, 5.74) is 2.64. The summed E-state index contributed by atoms with van der Waals surface area (Å²) in [6.07, 6.45) is -4.65. The molecule has 0 saturated heterocycles. The van der Waals surface area contributed by atoms with Crippen molar-refractivity contribution in [1.82, 2.24) is 5.32 Å². The van der Waals surface area contributed by atoms with Crippen molar-refractivity contribution >= 4 is 17.4 Å². The number of nitrogens with two attached hydrogens (primary N) is 1. The summed E-state index contributed by atoms with van der Waals surface area (Å²) >= 11 is 0. The summed E-state index contributed by atoms with van der Waals surface area (Å²) in [6, 6.07) is 6.76. The van der Waals surface area contributed by atoms with Crippen molar-refractivity contribution in [2.75, 3.05) is 5.73 Å². The normalized spacial score (nSPS) is 25.4. The molecule has 1 heterocycles. The van der Waals surface area contributed by atoms with Crippen LogP contribution in [0.4, 0.5) is 18.9 Å². The minimum atomic E-state index is -4.65. The molecule has 0 spiro atoms. The van der Waals surface area contributed by atoms with Gasteiger partial charge in [-0.1, -0.05) is 18.2 Å². The number of nitrogen functional groups attached to an aromatic ring is 1. The number of halogens is 3. The lowest BCUT2D eigenvalue weighted by Crippen LogP contribution is -2.59. The van der Waals surface area contributed by atoms with Crippen LogP contribution in [0.15, 0.2) is 36.4 Å². The van der Waals surface area contributed by atoms with Gasteiger partial charge in [0.25, 0.3) is 5.79 Å². The lowest BCUT2D eigenvalue weighted by molar-refractivity contribution is -0.175. The number of amides is 1. The van der Waals surface area contributed by atoms with Crippen LogP contribution in [-0.4, -0.2) is 16.8 Å². The third-order valence-electron chi connectivity index (χ3n) is 4.87. The van der Waals surface area contributed by atoms with E-state index in [1.807, 2.05) is 0 Å². The smallest absolute Gasteiger partial charge is 0.416 e. The number of hydrogen-bond acceptors (Lipinski definition) is 5. The van der Waals surface area contributed by atoms with Crippen molar-refractivity contribution in [3.8, 4) is 5.75 Å². The van der Waals surface area contributed by atoms with Crippen molar-refractivity contribution in [2.24, 2.45) is 0 Å². The number of fused-ring (bicyclic) bond motifs is 5. The van der Waals surface area contributed by atoms with E-state index in [9.17, 15) is 27.9 Å². The number of nitrogens with one attached hydrogen (secondary N) is 1. The quantitative estimate of drug-likeness (QED) is 0.660. The summed E-state index contributed by atoms with van der Waals surface area (Å²) in [4.78, 5) is 25.1. The fourth-order valence-corrected chi connectivity index (χ4v) is 3.81. The molecule has 6 nitrogen and oxygen atoms in total. The van der Waals surface area contributed by atoms with Crippen LogP contribution >= 0.6 is 0 Å². The Morgan fingerprint density at radius 1 is 1.22 bits per heavy atom. The van der Waals surface area contributed by atoms with E-state index in [0.29, 0.717) is 6.07 Å². The summed E-state index contributed by atoms with van der Waals surface area (Å²) in [7, 11) is 0. The predicted molar refractivity (Wildman–Crippen MR) is 86.6 cm³/mol. The van der Waals surface area contributed by atoms with E-state index in [1.165, 1.54) is 18.2 Å². The maximum absolute atomic E-state index is 13.2. The molecule has 0 fully saturated rings. The Labute approximate surface area is 150 Å². The number of ketones is 1. The summed E-state index contributed by atoms with van der Waals surface area (Å²) in [5.74, 6) is -4.20. The Morgan fingerprint density at radius 2 is 1.93 bits per heavy atom. The molecule has 27 heavy (non-hydrogen) atoms. The molecule has 0 aromatic heterocycles. The zero-order chi connectivity index (χ0) is 19.8. The largest absolute Gasteiger partial charge is 0.454 e. The van der Waals surface area contributed by atoms with E-state index < -0.39 is 34.8 Å². The summed E-state index contributed by atoms with van der Waals surface area (Å²) < 4.78 is 44.6. The topological polar surface area (TPSA) is 102 Å². The molecule has 4 rings (SSSR count). The molecule has 1 aliphatic carbocycles. The number of carbonyl (C=O) groups excluding carboxylic acids is 2. The highest BCUT2D eigenvalue weighted by atomic mass is 19.4. The number of hydrogen-bond donors (Lipinski definition) is 3. The van der Waals surface area contributed by atoms with Gasteiger partial charge in [-0.15, -0.1) is 0 Å². The zero-order valence-electron chi connectivity index (χ0n) is 13.8. The van der Waals surface area contributed by atoms with Gasteiger partial charge in [0, 0.05) is 23.7 Å². The Bertz CT molecular complexity index is 1020. The van der Waals surface area contributed by atoms with Crippen molar-refractivity contribution in [3.05, 3.63) is 58.7 Å². The van der Waals surface area contributed by atoms with Crippen molar-refractivity contribution in [2.45, 2.75) is 24.4 Å². The van der Waals surface area contributed by atoms with Gasteiger partial charge in [0.15, 0.2) is 0 Å². The average Bonchev–Trinajstić information content (AvgIpc) is 2.91. The minimum Gasteiger partial charge on any atom is -0.454 e. The number of carbonyl (C=O) groups is 2. The fourth-order valence-electron chi connectivity index (χ4n) is 3.81. The molecule has 0 saturated carbocycles. The van der Waals surface area contributed by atoms with Crippen LogP contribution in [0.25, 0.3) is 0 Å². The number of aliphatic hydroxyl groups is 1. The highest BCUT2D eigenvalue weighted by Crippen LogP contribution is 2.59. The number of alkyl halides is 3. The molecule has 1 amide bonds. The number of ether oxygens (including phenoxy) is 1. The molecule has 0 unspecified atom stereocenters. The van der Waals surface area contributed by atoms with Gasteiger partial charge in [0.2, 0.25) is 17.2 Å². The SMILES string of the molecule is CC(=O)N[C@@]12C(=O)c3c(N)cccc3[C@]1(O)Oc1cc(C(F)(F)F)ccc12. The molecule has 0 bridgehead atoms. The third-order valence-corrected chi connectivity index (χ3v) is 4.87. The molecule has 140 valence electrons. The van der Waals surface area contributed by atoms with Crippen LogP contribution in [0, 0.1) is 0 Å². The first-order chi connectivity index (χ1) is 12.5. The first kappa shape index (κ1) is 17.3. The van der Waals surface area contributed by atoms with E-state index in [4.69, 9.17) is 10.5 Å². The van der Waals surface area contributed by atoms with Crippen LogP contribution < -0.4 is 15.8 Å². The number of benzene rings is 2. The maximum atomic E-state index is 13.2. The lowest BCUT2D eigenvalue weighted by atomic mass is 9.82. The first-order valence-corrected chi connectivity index (χ1v) is 7.88. The molecule has 0 radical (unpaired) electrons. The van der Waals surface area contributed by atoms with Crippen molar-refractivity contribution < 1.29 is 32.6 Å². The van der Waals surface area contributed by atoms with E-state index >= 15 is 0 Å². The third kappa shape index (κ3) is 2.00. The van der Waals surface area contributed by atoms with Gasteiger partial charge in [-0.05, 0) is 18.2 Å².